The summed E-state index contributed by atoms with van der Waals surface area (Å²) in [5.41, 5.74) is -1.48. The summed E-state index contributed by atoms with van der Waals surface area (Å²) >= 11 is 5.62. The average Bonchev–Trinajstić information content (AvgIpc) is 2.71. The van der Waals surface area contributed by atoms with Crippen molar-refractivity contribution >= 4 is 23.2 Å². The molecule has 21 heavy (non-hydrogen) atoms. The van der Waals surface area contributed by atoms with E-state index in [-0.39, 0.29) is 10.7 Å². The second-order valence-electron chi connectivity index (χ2n) is 4.44. The number of fused-ring (bicyclic) bond motifs is 1. The third-order valence-electron chi connectivity index (χ3n) is 3.27. The van der Waals surface area contributed by atoms with E-state index in [1.165, 1.54) is 18.2 Å². The minimum absolute atomic E-state index is 0.274. The first-order chi connectivity index (χ1) is 9.93. The first-order valence-electron chi connectivity index (χ1n) is 5.87. The summed E-state index contributed by atoms with van der Waals surface area (Å²) in [7, 11) is 0. The third kappa shape index (κ3) is 1.91. The molecular formula is C14H7ClF3NO2. The Hall–Kier alpha value is -2.05. The van der Waals surface area contributed by atoms with Gasteiger partial charge in [-0.25, -0.2) is 13.2 Å². The summed E-state index contributed by atoms with van der Waals surface area (Å²) in [5.74, 6) is -3.92. The largest absolute Gasteiger partial charge is 0.369 e. The molecule has 2 aromatic carbocycles. The number of halogens is 4. The van der Waals surface area contributed by atoms with Crippen molar-refractivity contribution in [3.8, 4) is 0 Å². The van der Waals surface area contributed by atoms with Gasteiger partial charge >= 0.3 is 0 Å². The molecule has 1 N–H and O–H groups in total. The van der Waals surface area contributed by atoms with E-state index in [0.29, 0.717) is 4.90 Å². The number of amides is 1. The fourth-order valence-electron chi connectivity index (χ4n) is 2.32. The lowest BCUT2D eigenvalue weighted by atomic mass is 10.1. The smallest absolute Gasteiger partial charge is 0.264 e. The van der Waals surface area contributed by atoms with Crippen LogP contribution >= 0.6 is 11.6 Å². The summed E-state index contributed by atoms with van der Waals surface area (Å²) in [5, 5.41) is 9.80. The van der Waals surface area contributed by atoms with E-state index in [1.54, 1.807) is 0 Å². The first kappa shape index (κ1) is 13.9. The first-order valence-corrected chi connectivity index (χ1v) is 6.25. The molecule has 1 aliphatic heterocycles. The number of carbonyl (C=O) groups is 1. The number of carbonyl (C=O) groups excluding carboxylic acids is 1. The van der Waals surface area contributed by atoms with Crippen LogP contribution in [0.25, 0.3) is 0 Å². The fraction of sp³-hybridized carbons (Fsp3) is 0.0714. The molecule has 1 heterocycles. The number of aliphatic hydroxyl groups is 1. The Bertz CT molecular complexity index is 766. The van der Waals surface area contributed by atoms with Gasteiger partial charge in [0, 0.05) is 0 Å². The Morgan fingerprint density at radius 3 is 2.43 bits per heavy atom. The second-order valence-corrected chi connectivity index (χ2v) is 4.85. The Morgan fingerprint density at radius 2 is 1.76 bits per heavy atom. The van der Waals surface area contributed by atoms with E-state index in [0.717, 1.165) is 12.1 Å². The molecule has 0 spiro atoms. The van der Waals surface area contributed by atoms with Crippen LogP contribution in [-0.4, -0.2) is 11.0 Å². The summed E-state index contributed by atoms with van der Waals surface area (Å²) in [4.78, 5) is 12.8. The number of nitrogens with zero attached hydrogens (tertiary/aromatic N) is 1. The van der Waals surface area contributed by atoms with Crippen molar-refractivity contribution in [3.05, 3.63) is 63.9 Å². The summed E-state index contributed by atoms with van der Waals surface area (Å²) in [6.45, 7) is 0. The van der Waals surface area contributed by atoms with Crippen molar-refractivity contribution in [2.75, 3.05) is 4.90 Å². The highest BCUT2D eigenvalue weighted by Gasteiger charge is 2.42. The van der Waals surface area contributed by atoms with E-state index < -0.39 is 40.7 Å². The standard InChI is InChI=1S/C14H7ClF3NO2/c15-6-2-1-3-9(12(6)18)19-13(20)10-7(16)4-5-8(17)11(10)14(19)21/h1-5,13,20H. The zero-order valence-electron chi connectivity index (χ0n) is 10.3. The molecule has 0 bridgehead atoms. The van der Waals surface area contributed by atoms with Gasteiger partial charge in [-0.05, 0) is 24.3 Å². The van der Waals surface area contributed by atoms with E-state index in [9.17, 15) is 23.1 Å². The number of benzene rings is 2. The highest BCUT2D eigenvalue weighted by molar-refractivity contribution is 6.31. The van der Waals surface area contributed by atoms with E-state index in [4.69, 9.17) is 11.6 Å². The number of hydrogen-bond donors (Lipinski definition) is 1. The molecule has 1 aliphatic rings. The molecule has 108 valence electrons. The second kappa shape index (κ2) is 4.75. The molecular weight excluding hydrogens is 307 g/mol. The van der Waals surface area contributed by atoms with Crippen molar-refractivity contribution < 1.29 is 23.1 Å². The van der Waals surface area contributed by atoms with Crippen molar-refractivity contribution in [2.24, 2.45) is 0 Å². The Labute approximate surface area is 122 Å². The van der Waals surface area contributed by atoms with Crippen LogP contribution in [0.5, 0.6) is 0 Å². The molecule has 0 saturated carbocycles. The third-order valence-corrected chi connectivity index (χ3v) is 3.56. The SMILES string of the molecule is O=C1c2c(F)ccc(F)c2C(O)N1c1cccc(Cl)c1F. The van der Waals surface area contributed by atoms with Crippen LogP contribution in [0.4, 0.5) is 18.9 Å². The average molecular weight is 314 g/mol. The quantitative estimate of drug-likeness (QED) is 0.876. The molecule has 1 unspecified atom stereocenters. The van der Waals surface area contributed by atoms with Crippen LogP contribution < -0.4 is 4.90 Å². The van der Waals surface area contributed by atoms with Gasteiger partial charge in [-0.2, -0.15) is 0 Å². The molecule has 0 fully saturated rings. The molecule has 3 rings (SSSR count). The normalized spacial score (nSPS) is 17.3. The zero-order valence-corrected chi connectivity index (χ0v) is 11.0. The van der Waals surface area contributed by atoms with Gasteiger partial charge in [-0.3, -0.25) is 9.69 Å². The summed E-state index contributed by atoms with van der Waals surface area (Å²) in [6, 6.07) is 5.36. The molecule has 0 aliphatic carbocycles. The van der Waals surface area contributed by atoms with Crippen molar-refractivity contribution in [1.29, 1.82) is 0 Å². The molecule has 1 atom stereocenters. The molecule has 2 aromatic rings. The maximum Gasteiger partial charge on any atom is 0.264 e. The van der Waals surface area contributed by atoms with Gasteiger partial charge in [0.2, 0.25) is 0 Å². The lowest BCUT2D eigenvalue weighted by Crippen LogP contribution is -2.28. The van der Waals surface area contributed by atoms with Crippen molar-refractivity contribution in [3.63, 3.8) is 0 Å². The molecule has 3 nitrogen and oxygen atoms in total. The predicted molar refractivity (Wildman–Crippen MR) is 69.5 cm³/mol. The summed E-state index contributed by atoms with van der Waals surface area (Å²) in [6.07, 6.45) is -1.82. The van der Waals surface area contributed by atoms with E-state index in [2.05, 4.69) is 0 Å². The zero-order chi connectivity index (χ0) is 15.3. The van der Waals surface area contributed by atoms with Gasteiger partial charge in [0.05, 0.1) is 21.8 Å². The molecule has 7 heteroatoms. The molecule has 0 saturated heterocycles. The van der Waals surface area contributed by atoms with Crippen LogP contribution in [0.3, 0.4) is 0 Å². The number of hydrogen-bond acceptors (Lipinski definition) is 2. The van der Waals surface area contributed by atoms with Crippen LogP contribution in [-0.2, 0) is 0 Å². The van der Waals surface area contributed by atoms with Gasteiger partial charge in [0.25, 0.3) is 5.91 Å². The highest BCUT2D eigenvalue weighted by atomic mass is 35.5. The summed E-state index contributed by atoms with van der Waals surface area (Å²) < 4.78 is 41.5. The predicted octanol–water partition coefficient (Wildman–Crippen LogP) is 3.41. The Morgan fingerprint density at radius 1 is 1.10 bits per heavy atom. The fourth-order valence-corrected chi connectivity index (χ4v) is 2.49. The van der Waals surface area contributed by atoms with E-state index >= 15 is 0 Å². The molecule has 0 aromatic heterocycles. The van der Waals surface area contributed by atoms with Gasteiger partial charge < -0.3 is 5.11 Å². The number of aliphatic hydroxyl groups excluding tert-OH is 1. The van der Waals surface area contributed by atoms with Crippen LogP contribution in [0.1, 0.15) is 22.1 Å². The topological polar surface area (TPSA) is 40.5 Å². The molecule has 1 amide bonds. The monoisotopic (exact) mass is 313 g/mol. The van der Waals surface area contributed by atoms with Gasteiger partial charge in [-0.15, -0.1) is 0 Å². The lowest BCUT2D eigenvalue weighted by Gasteiger charge is -2.21. The number of anilines is 1. The van der Waals surface area contributed by atoms with Gasteiger partial charge in [0.15, 0.2) is 12.0 Å². The Balaban J connectivity index is 2.21. The van der Waals surface area contributed by atoms with Crippen molar-refractivity contribution in [2.45, 2.75) is 6.23 Å². The van der Waals surface area contributed by atoms with Crippen molar-refractivity contribution in [1.82, 2.24) is 0 Å². The van der Waals surface area contributed by atoms with Crippen LogP contribution in [0, 0.1) is 17.5 Å². The Kier molecular flexibility index (Phi) is 3.15. The van der Waals surface area contributed by atoms with Gasteiger partial charge in [-0.1, -0.05) is 17.7 Å². The maximum atomic E-state index is 14.0. The van der Waals surface area contributed by atoms with E-state index in [1.807, 2.05) is 0 Å². The van der Waals surface area contributed by atoms with Gasteiger partial charge in [0.1, 0.15) is 11.6 Å². The highest BCUT2D eigenvalue weighted by Crippen LogP contribution is 2.40. The lowest BCUT2D eigenvalue weighted by molar-refractivity contribution is 0.0930. The minimum atomic E-state index is -1.82. The minimum Gasteiger partial charge on any atom is -0.369 e. The van der Waals surface area contributed by atoms with Crippen LogP contribution in [0.2, 0.25) is 5.02 Å². The van der Waals surface area contributed by atoms with Crippen LogP contribution in [0.15, 0.2) is 30.3 Å². The maximum absolute atomic E-state index is 14.0. The number of rotatable bonds is 1. The molecule has 0 radical (unpaired) electrons.